The molecule has 0 aromatic heterocycles. The van der Waals surface area contributed by atoms with Gasteiger partial charge in [0.2, 0.25) is 0 Å². The van der Waals surface area contributed by atoms with E-state index in [1.807, 2.05) is 0 Å². The lowest BCUT2D eigenvalue weighted by atomic mass is 10.3. The van der Waals surface area contributed by atoms with E-state index < -0.39 is 6.04 Å². The lowest BCUT2D eigenvalue weighted by Gasteiger charge is -2.08. The zero-order valence-electron chi connectivity index (χ0n) is 7.01. The SMILES string of the molecule is COC(=O)C(C)NCC(C)=O. The fourth-order valence-corrected chi connectivity index (χ4v) is 0.557. The predicted octanol–water partition coefficient (Wildman–Crippen LogP) is -0.274. The van der Waals surface area contributed by atoms with Gasteiger partial charge in [0.25, 0.3) is 0 Å². The van der Waals surface area contributed by atoms with Crippen LogP contribution in [0.5, 0.6) is 0 Å². The number of esters is 1. The Morgan fingerprint density at radius 2 is 2.09 bits per heavy atom. The quantitative estimate of drug-likeness (QED) is 0.573. The van der Waals surface area contributed by atoms with E-state index in [0.29, 0.717) is 0 Å². The standard InChI is InChI=1S/C7H13NO3/c1-5(9)4-8-6(2)7(10)11-3/h6,8H,4H2,1-3H3. The molecule has 0 bridgehead atoms. The van der Waals surface area contributed by atoms with E-state index in [4.69, 9.17) is 0 Å². The van der Waals surface area contributed by atoms with E-state index in [9.17, 15) is 9.59 Å². The molecule has 0 saturated heterocycles. The molecule has 4 nitrogen and oxygen atoms in total. The minimum absolute atomic E-state index is 0.000697. The second-order valence-corrected chi connectivity index (χ2v) is 2.33. The zero-order chi connectivity index (χ0) is 8.85. The minimum Gasteiger partial charge on any atom is -0.468 e. The van der Waals surface area contributed by atoms with Crippen molar-refractivity contribution in [2.24, 2.45) is 0 Å². The number of ketones is 1. The molecule has 11 heavy (non-hydrogen) atoms. The Morgan fingerprint density at radius 3 is 2.45 bits per heavy atom. The molecule has 0 saturated carbocycles. The Balaban J connectivity index is 3.60. The van der Waals surface area contributed by atoms with Crippen LogP contribution in [0.2, 0.25) is 0 Å². The van der Waals surface area contributed by atoms with Gasteiger partial charge in [0.1, 0.15) is 11.8 Å². The van der Waals surface area contributed by atoms with Crippen molar-refractivity contribution in [3.63, 3.8) is 0 Å². The van der Waals surface area contributed by atoms with Crippen LogP contribution in [0.3, 0.4) is 0 Å². The van der Waals surface area contributed by atoms with Crippen LogP contribution in [0.15, 0.2) is 0 Å². The molecule has 0 aliphatic heterocycles. The first-order valence-electron chi connectivity index (χ1n) is 3.38. The van der Waals surface area contributed by atoms with Gasteiger partial charge in [0.05, 0.1) is 13.7 Å². The van der Waals surface area contributed by atoms with Gasteiger partial charge in [-0.05, 0) is 13.8 Å². The largest absolute Gasteiger partial charge is 0.468 e. The molecule has 1 atom stereocenters. The first kappa shape index (κ1) is 10.1. The van der Waals surface area contributed by atoms with Gasteiger partial charge in [-0.2, -0.15) is 0 Å². The first-order valence-corrected chi connectivity index (χ1v) is 3.38. The van der Waals surface area contributed by atoms with Gasteiger partial charge in [0.15, 0.2) is 0 Å². The third-order valence-electron chi connectivity index (χ3n) is 1.21. The maximum absolute atomic E-state index is 10.7. The predicted molar refractivity (Wildman–Crippen MR) is 40.2 cm³/mol. The number of carbonyl (C=O) groups excluding carboxylic acids is 2. The van der Waals surface area contributed by atoms with Crippen molar-refractivity contribution < 1.29 is 14.3 Å². The molecular weight excluding hydrogens is 146 g/mol. The number of Topliss-reactive ketones (excluding diaryl/α,β-unsaturated/α-hetero) is 1. The molecule has 0 aliphatic carbocycles. The lowest BCUT2D eigenvalue weighted by Crippen LogP contribution is -2.37. The highest BCUT2D eigenvalue weighted by Crippen LogP contribution is 1.84. The van der Waals surface area contributed by atoms with E-state index in [2.05, 4.69) is 10.1 Å². The molecule has 0 aromatic rings. The maximum atomic E-state index is 10.7. The summed E-state index contributed by atoms with van der Waals surface area (Å²) in [7, 11) is 1.31. The number of nitrogens with one attached hydrogen (secondary N) is 1. The van der Waals surface area contributed by atoms with E-state index in [1.54, 1.807) is 6.92 Å². The zero-order valence-corrected chi connectivity index (χ0v) is 7.01. The van der Waals surface area contributed by atoms with Gasteiger partial charge >= 0.3 is 5.97 Å². The molecule has 4 heteroatoms. The van der Waals surface area contributed by atoms with Crippen molar-refractivity contribution in [3.8, 4) is 0 Å². The summed E-state index contributed by atoms with van der Waals surface area (Å²) in [5.41, 5.74) is 0. The molecular formula is C7H13NO3. The molecule has 0 aromatic carbocycles. The monoisotopic (exact) mass is 159 g/mol. The van der Waals surface area contributed by atoms with Gasteiger partial charge < -0.3 is 4.74 Å². The average molecular weight is 159 g/mol. The molecule has 0 amide bonds. The Hall–Kier alpha value is -0.900. The van der Waals surface area contributed by atoms with E-state index >= 15 is 0 Å². The van der Waals surface area contributed by atoms with Crippen molar-refractivity contribution in [2.45, 2.75) is 19.9 Å². The number of rotatable bonds is 4. The van der Waals surface area contributed by atoms with Crippen LogP contribution in [-0.2, 0) is 14.3 Å². The fourth-order valence-electron chi connectivity index (χ4n) is 0.557. The van der Waals surface area contributed by atoms with E-state index in [-0.39, 0.29) is 18.3 Å². The number of methoxy groups -OCH3 is 1. The molecule has 0 heterocycles. The van der Waals surface area contributed by atoms with E-state index in [0.717, 1.165) is 0 Å². The summed E-state index contributed by atoms with van der Waals surface area (Å²) >= 11 is 0. The number of ether oxygens (including phenoxy) is 1. The maximum Gasteiger partial charge on any atom is 0.322 e. The topological polar surface area (TPSA) is 55.4 Å². The Labute approximate surface area is 65.9 Å². The molecule has 0 rings (SSSR count). The van der Waals surface area contributed by atoms with Crippen molar-refractivity contribution in [1.82, 2.24) is 5.32 Å². The Bertz CT molecular complexity index is 156. The number of carbonyl (C=O) groups is 2. The number of hydrogen-bond donors (Lipinski definition) is 1. The second-order valence-electron chi connectivity index (χ2n) is 2.33. The van der Waals surface area contributed by atoms with Gasteiger partial charge in [-0.25, -0.2) is 0 Å². The molecule has 0 aliphatic rings. The van der Waals surface area contributed by atoms with Crippen LogP contribution in [0.4, 0.5) is 0 Å². The summed E-state index contributed by atoms with van der Waals surface area (Å²) in [5.74, 6) is -0.355. The van der Waals surface area contributed by atoms with Crippen molar-refractivity contribution in [3.05, 3.63) is 0 Å². The summed E-state index contributed by atoms with van der Waals surface area (Å²) in [6.45, 7) is 3.31. The summed E-state index contributed by atoms with van der Waals surface area (Å²) in [5, 5.41) is 2.71. The minimum atomic E-state index is -0.413. The van der Waals surface area contributed by atoms with Crippen LogP contribution >= 0.6 is 0 Å². The highest BCUT2D eigenvalue weighted by molar-refractivity contribution is 5.79. The van der Waals surface area contributed by atoms with Crippen LogP contribution in [0.25, 0.3) is 0 Å². The van der Waals surface area contributed by atoms with Gasteiger partial charge in [-0.15, -0.1) is 0 Å². The normalized spacial score (nSPS) is 12.3. The Kier molecular flexibility index (Phi) is 4.45. The fraction of sp³-hybridized carbons (Fsp3) is 0.714. The summed E-state index contributed by atoms with van der Waals surface area (Å²) in [6, 6.07) is -0.413. The van der Waals surface area contributed by atoms with Gasteiger partial charge in [-0.1, -0.05) is 0 Å². The molecule has 64 valence electrons. The summed E-state index contributed by atoms with van der Waals surface area (Å²) in [6.07, 6.45) is 0. The lowest BCUT2D eigenvalue weighted by molar-refractivity contribution is -0.142. The second kappa shape index (κ2) is 4.85. The highest BCUT2D eigenvalue weighted by atomic mass is 16.5. The average Bonchev–Trinajstić information content (AvgIpc) is 1.98. The molecule has 1 unspecified atom stereocenters. The summed E-state index contributed by atoms with van der Waals surface area (Å²) < 4.78 is 4.43. The Morgan fingerprint density at radius 1 is 1.55 bits per heavy atom. The van der Waals surface area contributed by atoms with Gasteiger partial charge in [-0.3, -0.25) is 14.9 Å². The van der Waals surface area contributed by atoms with Gasteiger partial charge in [0, 0.05) is 0 Å². The van der Waals surface area contributed by atoms with Crippen LogP contribution in [-0.4, -0.2) is 31.4 Å². The van der Waals surface area contributed by atoms with E-state index in [1.165, 1.54) is 14.0 Å². The third kappa shape index (κ3) is 4.50. The molecule has 0 spiro atoms. The van der Waals surface area contributed by atoms with Crippen molar-refractivity contribution in [1.29, 1.82) is 0 Å². The first-order chi connectivity index (χ1) is 5.07. The summed E-state index contributed by atoms with van der Waals surface area (Å²) in [4.78, 5) is 21.2. The third-order valence-corrected chi connectivity index (χ3v) is 1.21. The van der Waals surface area contributed by atoms with Crippen LogP contribution in [0, 0.1) is 0 Å². The highest BCUT2D eigenvalue weighted by Gasteiger charge is 2.11. The van der Waals surface area contributed by atoms with Crippen molar-refractivity contribution >= 4 is 11.8 Å². The molecule has 0 radical (unpaired) electrons. The molecule has 0 fully saturated rings. The van der Waals surface area contributed by atoms with Crippen LogP contribution in [0.1, 0.15) is 13.8 Å². The smallest absolute Gasteiger partial charge is 0.322 e. The molecule has 1 N–H and O–H groups in total. The van der Waals surface area contributed by atoms with Crippen molar-refractivity contribution in [2.75, 3.05) is 13.7 Å². The number of hydrogen-bond acceptors (Lipinski definition) is 4. The van der Waals surface area contributed by atoms with Crippen LogP contribution < -0.4 is 5.32 Å².